The summed E-state index contributed by atoms with van der Waals surface area (Å²) in [6.45, 7) is 3.95. The van der Waals surface area contributed by atoms with Gasteiger partial charge in [-0.3, -0.25) is 9.88 Å². The fourth-order valence-electron chi connectivity index (χ4n) is 1.85. The molecule has 0 bridgehead atoms. The van der Waals surface area contributed by atoms with Gasteiger partial charge in [0.25, 0.3) is 4.84 Å². The normalized spacial score (nSPS) is 11.1. The molecule has 2 rings (SSSR count). The highest BCUT2D eigenvalue weighted by molar-refractivity contribution is 7.71. The van der Waals surface area contributed by atoms with Crippen LogP contribution in [0.25, 0.3) is 11.1 Å². The van der Waals surface area contributed by atoms with Crippen molar-refractivity contribution in [2.45, 2.75) is 32.9 Å². The molecule has 0 radical (unpaired) electrons. The first-order chi connectivity index (χ1) is 8.33. The molecule has 0 unspecified atom stereocenters. The lowest BCUT2D eigenvalue weighted by molar-refractivity contribution is 0.489. The van der Waals surface area contributed by atoms with Crippen LogP contribution in [0.15, 0.2) is 28.7 Å². The van der Waals surface area contributed by atoms with Gasteiger partial charge in [-0.2, -0.15) is 0 Å². The van der Waals surface area contributed by atoms with Gasteiger partial charge in [0, 0.05) is 0 Å². The number of oxazole rings is 1. The molecule has 92 valence electrons. The maximum atomic E-state index is 5.51. The van der Waals surface area contributed by atoms with Crippen LogP contribution in [0.3, 0.4) is 0 Å². The SMILES string of the molecule is CCCCCNCn1c(=S)oc2ccccc21. The second-order valence-electron chi connectivity index (χ2n) is 4.13. The van der Waals surface area contributed by atoms with Crippen LogP contribution < -0.4 is 5.32 Å². The van der Waals surface area contributed by atoms with Crippen LogP contribution in [0.2, 0.25) is 0 Å². The lowest BCUT2D eigenvalue weighted by Crippen LogP contribution is -2.19. The Hall–Kier alpha value is -1.13. The zero-order chi connectivity index (χ0) is 12.1. The van der Waals surface area contributed by atoms with Gasteiger partial charge in [-0.05, 0) is 37.3 Å². The van der Waals surface area contributed by atoms with Crippen LogP contribution in [0.5, 0.6) is 0 Å². The van der Waals surface area contributed by atoms with Gasteiger partial charge in [-0.25, -0.2) is 0 Å². The number of benzene rings is 1. The highest BCUT2D eigenvalue weighted by atomic mass is 32.1. The first-order valence-corrected chi connectivity index (χ1v) is 6.53. The number of rotatable bonds is 6. The van der Waals surface area contributed by atoms with E-state index in [9.17, 15) is 0 Å². The summed E-state index contributed by atoms with van der Waals surface area (Å²) in [6, 6.07) is 7.93. The highest BCUT2D eigenvalue weighted by Gasteiger charge is 2.04. The summed E-state index contributed by atoms with van der Waals surface area (Å²) >= 11 is 5.21. The third-order valence-electron chi connectivity index (χ3n) is 2.80. The first-order valence-electron chi connectivity index (χ1n) is 6.12. The number of unbranched alkanes of at least 4 members (excludes halogenated alkanes) is 2. The minimum Gasteiger partial charge on any atom is -0.429 e. The molecule has 0 amide bonds. The summed E-state index contributed by atoms with van der Waals surface area (Å²) in [5.41, 5.74) is 1.91. The number of aromatic nitrogens is 1. The molecule has 1 aromatic carbocycles. The van der Waals surface area contributed by atoms with E-state index < -0.39 is 0 Å². The van der Waals surface area contributed by atoms with Crippen LogP contribution in [0, 0.1) is 4.84 Å². The van der Waals surface area contributed by atoms with Crippen molar-refractivity contribution in [1.82, 2.24) is 9.88 Å². The third kappa shape index (κ3) is 2.96. The molecule has 0 aliphatic heterocycles. The maximum absolute atomic E-state index is 5.51. The highest BCUT2D eigenvalue weighted by Crippen LogP contribution is 2.16. The van der Waals surface area contributed by atoms with Gasteiger partial charge in [-0.15, -0.1) is 0 Å². The lowest BCUT2D eigenvalue weighted by atomic mass is 10.2. The fraction of sp³-hybridized carbons (Fsp3) is 0.462. The summed E-state index contributed by atoms with van der Waals surface area (Å²) in [7, 11) is 0. The quantitative estimate of drug-likeness (QED) is 0.626. The van der Waals surface area contributed by atoms with E-state index in [4.69, 9.17) is 16.6 Å². The number of hydrogen-bond donors (Lipinski definition) is 1. The van der Waals surface area contributed by atoms with Crippen molar-refractivity contribution >= 4 is 23.3 Å². The van der Waals surface area contributed by atoms with Crippen molar-refractivity contribution in [3.63, 3.8) is 0 Å². The summed E-state index contributed by atoms with van der Waals surface area (Å²) in [4.78, 5) is 0.536. The van der Waals surface area contributed by atoms with E-state index in [1.165, 1.54) is 19.3 Å². The number of nitrogens with zero attached hydrogens (tertiary/aromatic N) is 1. The summed E-state index contributed by atoms with van der Waals surface area (Å²) in [6.07, 6.45) is 3.72. The molecule has 0 aliphatic rings. The van der Waals surface area contributed by atoms with Gasteiger partial charge in [-0.1, -0.05) is 31.9 Å². The summed E-state index contributed by atoms with van der Waals surface area (Å²) < 4.78 is 7.51. The average Bonchev–Trinajstić information content (AvgIpc) is 2.65. The Morgan fingerprint density at radius 3 is 2.94 bits per heavy atom. The molecule has 0 saturated heterocycles. The predicted octanol–water partition coefficient (Wildman–Crippen LogP) is 3.70. The van der Waals surface area contributed by atoms with Gasteiger partial charge >= 0.3 is 0 Å². The maximum Gasteiger partial charge on any atom is 0.270 e. The predicted molar refractivity (Wildman–Crippen MR) is 72.6 cm³/mol. The number of fused-ring (bicyclic) bond motifs is 1. The Labute approximate surface area is 106 Å². The molecule has 2 aromatic rings. The van der Waals surface area contributed by atoms with Crippen molar-refractivity contribution < 1.29 is 4.42 Å². The summed E-state index contributed by atoms with van der Waals surface area (Å²) in [5.74, 6) is 0. The van der Waals surface area contributed by atoms with Crippen LogP contribution in [-0.4, -0.2) is 11.1 Å². The van der Waals surface area contributed by atoms with Gasteiger partial charge in [0.1, 0.15) is 0 Å². The molecular formula is C13H18N2OS. The Morgan fingerprint density at radius 1 is 1.29 bits per heavy atom. The van der Waals surface area contributed by atoms with E-state index in [-0.39, 0.29) is 0 Å². The minimum absolute atomic E-state index is 0.536. The van der Waals surface area contributed by atoms with E-state index in [1.807, 2.05) is 28.8 Å². The molecule has 3 nitrogen and oxygen atoms in total. The minimum atomic E-state index is 0.536. The molecule has 0 saturated carbocycles. The lowest BCUT2D eigenvalue weighted by Gasteiger charge is -2.05. The molecule has 0 fully saturated rings. The monoisotopic (exact) mass is 250 g/mol. The molecule has 1 heterocycles. The molecule has 17 heavy (non-hydrogen) atoms. The molecule has 1 N–H and O–H groups in total. The third-order valence-corrected chi connectivity index (χ3v) is 3.10. The van der Waals surface area contributed by atoms with Gasteiger partial charge in [0.2, 0.25) is 0 Å². The number of hydrogen-bond acceptors (Lipinski definition) is 3. The molecule has 1 aromatic heterocycles. The van der Waals surface area contributed by atoms with E-state index in [0.29, 0.717) is 4.84 Å². The number of nitrogens with one attached hydrogen (secondary N) is 1. The Balaban J connectivity index is 2.03. The Kier molecular flexibility index (Phi) is 4.34. The van der Waals surface area contributed by atoms with Crippen molar-refractivity contribution in [3.05, 3.63) is 29.1 Å². The Bertz CT molecular complexity index is 529. The van der Waals surface area contributed by atoms with E-state index >= 15 is 0 Å². The van der Waals surface area contributed by atoms with Crippen molar-refractivity contribution in [2.24, 2.45) is 0 Å². The molecule has 4 heteroatoms. The molecule has 0 atom stereocenters. The zero-order valence-corrected chi connectivity index (χ0v) is 10.9. The van der Waals surface area contributed by atoms with E-state index in [1.54, 1.807) is 0 Å². The van der Waals surface area contributed by atoms with Crippen LogP contribution >= 0.6 is 12.2 Å². The first kappa shape index (κ1) is 12.3. The molecular weight excluding hydrogens is 232 g/mol. The molecule has 0 spiro atoms. The van der Waals surface area contributed by atoms with E-state index in [2.05, 4.69) is 12.2 Å². The second-order valence-corrected chi connectivity index (χ2v) is 4.48. The van der Waals surface area contributed by atoms with Gasteiger partial charge in [0.05, 0.1) is 12.2 Å². The van der Waals surface area contributed by atoms with Crippen LogP contribution in [0.1, 0.15) is 26.2 Å². The second kappa shape index (κ2) is 5.98. The largest absolute Gasteiger partial charge is 0.429 e. The zero-order valence-electron chi connectivity index (χ0n) is 10.1. The average molecular weight is 250 g/mol. The van der Waals surface area contributed by atoms with Crippen LogP contribution in [0.4, 0.5) is 0 Å². The smallest absolute Gasteiger partial charge is 0.270 e. The van der Waals surface area contributed by atoms with Gasteiger partial charge < -0.3 is 4.42 Å². The van der Waals surface area contributed by atoms with Crippen molar-refractivity contribution in [1.29, 1.82) is 0 Å². The van der Waals surface area contributed by atoms with Gasteiger partial charge in [0.15, 0.2) is 5.58 Å². The topological polar surface area (TPSA) is 30.1 Å². The fourth-order valence-corrected chi connectivity index (χ4v) is 2.11. The standard InChI is InChI=1S/C13H18N2OS/c1-2-3-6-9-14-10-15-11-7-4-5-8-12(11)16-13(15)17/h4-5,7-8,14H,2-3,6,9-10H2,1H3. The van der Waals surface area contributed by atoms with Crippen molar-refractivity contribution in [3.8, 4) is 0 Å². The number of para-hydroxylation sites is 2. The summed E-state index contributed by atoms with van der Waals surface area (Å²) in [5, 5.41) is 3.39. The van der Waals surface area contributed by atoms with Crippen LogP contribution in [-0.2, 0) is 6.67 Å². The van der Waals surface area contributed by atoms with E-state index in [0.717, 1.165) is 24.3 Å². The van der Waals surface area contributed by atoms with Crippen molar-refractivity contribution in [2.75, 3.05) is 6.54 Å². The molecule has 0 aliphatic carbocycles. The Morgan fingerprint density at radius 2 is 2.12 bits per heavy atom.